The summed E-state index contributed by atoms with van der Waals surface area (Å²) in [6.07, 6.45) is 8.41. The van der Waals surface area contributed by atoms with Crippen LogP contribution < -0.4 is 0 Å². The van der Waals surface area contributed by atoms with Crippen molar-refractivity contribution in [1.82, 2.24) is 0 Å². The first-order valence-electron chi connectivity index (χ1n) is 8.38. The molecule has 0 aliphatic heterocycles. The Morgan fingerprint density at radius 1 is 0.905 bits per heavy atom. The molecule has 126 valence electrons. The van der Waals surface area contributed by atoms with Gasteiger partial charge in [0.05, 0.1) is 19.4 Å². The van der Waals surface area contributed by atoms with Crippen molar-refractivity contribution in [3.63, 3.8) is 0 Å². The van der Waals surface area contributed by atoms with Crippen LogP contribution in [0.25, 0.3) is 0 Å². The second-order valence-electron chi connectivity index (χ2n) is 6.53. The molecule has 0 fully saturated rings. The summed E-state index contributed by atoms with van der Waals surface area (Å²) >= 11 is 0. The number of hydrogen-bond donors (Lipinski definition) is 0. The Hall–Kier alpha value is -0.110. The summed E-state index contributed by atoms with van der Waals surface area (Å²) in [6, 6.07) is 0. The Kier molecular flexibility index (Phi) is 12.4. The molecule has 3 nitrogen and oxygen atoms in total. The van der Waals surface area contributed by atoms with E-state index in [1.165, 1.54) is 12.8 Å². The van der Waals surface area contributed by atoms with Crippen LogP contribution in [0.3, 0.4) is 0 Å². The van der Waals surface area contributed by atoms with Gasteiger partial charge < -0.3 is 9.05 Å². The minimum absolute atomic E-state index is 0.307. The van der Waals surface area contributed by atoms with Crippen LogP contribution in [-0.4, -0.2) is 19.4 Å². The first-order valence-corrected chi connectivity index (χ1v) is 10.1. The lowest BCUT2D eigenvalue weighted by molar-refractivity contribution is 0.198. The Bertz CT molecular complexity index is 278. The highest BCUT2D eigenvalue weighted by molar-refractivity contribution is 7.54. The summed E-state index contributed by atoms with van der Waals surface area (Å²) < 4.78 is 23.6. The highest BCUT2D eigenvalue weighted by Crippen LogP contribution is 2.48. The maximum Gasteiger partial charge on any atom is 0.334 e. The van der Waals surface area contributed by atoms with Crippen LogP contribution in [0.2, 0.25) is 0 Å². The van der Waals surface area contributed by atoms with Crippen LogP contribution in [0.4, 0.5) is 0 Å². The van der Waals surface area contributed by atoms with E-state index in [2.05, 4.69) is 34.3 Å². The van der Waals surface area contributed by atoms with Crippen LogP contribution >= 0.6 is 7.60 Å². The fourth-order valence-electron chi connectivity index (χ4n) is 2.02. The third-order valence-electron chi connectivity index (χ3n) is 3.28. The van der Waals surface area contributed by atoms with Gasteiger partial charge in [-0.05, 0) is 24.7 Å². The monoisotopic (exact) mass is 318 g/mol. The Morgan fingerprint density at radius 2 is 1.33 bits per heavy atom. The van der Waals surface area contributed by atoms with E-state index >= 15 is 0 Å². The Morgan fingerprint density at radius 3 is 1.67 bits per heavy atom. The predicted molar refractivity (Wildman–Crippen MR) is 92.0 cm³/mol. The van der Waals surface area contributed by atoms with Gasteiger partial charge in [-0.2, -0.15) is 0 Å². The molecule has 0 rings (SSSR count). The molecule has 21 heavy (non-hydrogen) atoms. The third-order valence-corrected chi connectivity index (χ3v) is 5.14. The molecule has 0 atom stereocenters. The van der Waals surface area contributed by atoms with E-state index < -0.39 is 7.60 Å². The summed E-state index contributed by atoms with van der Waals surface area (Å²) in [5.41, 5.74) is 0. The van der Waals surface area contributed by atoms with E-state index in [4.69, 9.17) is 9.05 Å². The average Bonchev–Trinajstić information content (AvgIpc) is 2.37. The number of rotatable bonds is 14. The van der Waals surface area contributed by atoms with E-state index in [9.17, 15) is 4.57 Å². The molecule has 0 spiro atoms. The van der Waals surface area contributed by atoms with Crippen molar-refractivity contribution in [3.8, 4) is 0 Å². The Labute approximate surface area is 132 Å². The van der Waals surface area contributed by atoms with E-state index in [0.29, 0.717) is 31.2 Å². The number of hydrogen-bond acceptors (Lipinski definition) is 3. The highest BCUT2D eigenvalue weighted by atomic mass is 31.2. The standard InChI is InChI=1S/C17H35O3P/c1-6-15-21(18,19-13-9-7-11-16(2)3)20-14-10-8-12-17(4)5/h6,16-17H,1,7-15H2,2-5H3. The SMILES string of the molecule is C=CCP(=O)(OCCCCC(C)C)OCCCCC(C)C. The van der Waals surface area contributed by atoms with Crippen molar-refractivity contribution in [2.45, 2.75) is 66.2 Å². The van der Waals surface area contributed by atoms with Gasteiger partial charge in [0.15, 0.2) is 0 Å². The fourth-order valence-corrected chi connectivity index (χ4v) is 3.43. The first kappa shape index (κ1) is 20.9. The van der Waals surface area contributed by atoms with E-state index in [0.717, 1.165) is 25.7 Å². The van der Waals surface area contributed by atoms with Gasteiger partial charge in [0.25, 0.3) is 0 Å². The second-order valence-corrected chi connectivity index (χ2v) is 8.63. The molecule has 0 aromatic heterocycles. The van der Waals surface area contributed by atoms with Gasteiger partial charge in [-0.15, -0.1) is 6.58 Å². The van der Waals surface area contributed by atoms with Gasteiger partial charge in [-0.25, -0.2) is 0 Å². The van der Waals surface area contributed by atoms with Crippen LogP contribution in [0, 0.1) is 11.8 Å². The minimum Gasteiger partial charge on any atom is -0.308 e. The summed E-state index contributed by atoms with van der Waals surface area (Å²) in [7, 11) is -2.97. The lowest BCUT2D eigenvalue weighted by atomic mass is 10.1. The van der Waals surface area contributed by atoms with Crippen molar-refractivity contribution in [3.05, 3.63) is 12.7 Å². The topological polar surface area (TPSA) is 35.5 Å². The van der Waals surface area contributed by atoms with Gasteiger partial charge >= 0.3 is 7.60 Å². The molecule has 0 saturated heterocycles. The largest absolute Gasteiger partial charge is 0.334 e. The van der Waals surface area contributed by atoms with Crippen LogP contribution in [0.15, 0.2) is 12.7 Å². The van der Waals surface area contributed by atoms with Crippen molar-refractivity contribution in [2.75, 3.05) is 19.4 Å². The van der Waals surface area contributed by atoms with Crippen molar-refractivity contribution in [2.24, 2.45) is 11.8 Å². The summed E-state index contributed by atoms with van der Waals surface area (Å²) in [4.78, 5) is 0. The zero-order valence-electron chi connectivity index (χ0n) is 14.5. The van der Waals surface area contributed by atoms with E-state index in [1.807, 2.05) is 0 Å². The fraction of sp³-hybridized carbons (Fsp3) is 0.882. The number of unbranched alkanes of at least 4 members (excludes halogenated alkanes) is 2. The zero-order chi connectivity index (χ0) is 16.1. The molecular formula is C17H35O3P. The van der Waals surface area contributed by atoms with Crippen molar-refractivity contribution < 1.29 is 13.6 Å². The lowest BCUT2D eigenvalue weighted by Gasteiger charge is -2.17. The quantitative estimate of drug-likeness (QED) is 0.222. The molecule has 4 heteroatoms. The van der Waals surface area contributed by atoms with Crippen LogP contribution in [0.1, 0.15) is 66.2 Å². The lowest BCUT2D eigenvalue weighted by Crippen LogP contribution is -2.03. The average molecular weight is 318 g/mol. The molecule has 0 aliphatic rings. The molecule has 0 amide bonds. The first-order chi connectivity index (χ1) is 9.89. The zero-order valence-corrected chi connectivity index (χ0v) is 15.4. The second kappa shape index (κ2) is 12.4. The molecule has 0 bridgehead atoms. The molecule has 0 unspecified atom stereocenters. The molecule has 0 aliphatic carbocycles. The smallest absolute Gasteiger partial charge is 0.308 e. The molecule has 0 aromatic rings. The van der Waals surface area contributed by atoms with Crippen molar-refractivity contribution >= 4 is 7.60 Å². The molecular weight excluding hydrogens is 283 g/mol. The summed E-state index contributed by atoms with van der Waals surface area (Å²) in [5, 5.41) is 0. The summed E-state index contributed by atoms with van der Waals surface area (Å²) in [5.74, 6) is 1.42. The summed E-state index contributed by atoms with van der Waals surface area (Å²) in [6.45, 7) is 13.5. The van der Waals surface area contributed by atoms with Gasteiger partial charge in [-0.1, -0.05) is 59.5 Å². The predicted octanol–water partition coefficient (Wildman–Crippen LogP) is 6.05. The molecule has 0 saturated carbocycles. The van der Waals surface area contributed by atoms with E-state index in [-0.39, 0.29) is 0 Å². The van der Waals surface area contributed by atoms with Gasteiger partial charge in [0.2, 0.25) is 0 Å². The van der Waals surface area contributed by atoms with Crippen LogP contribution in [-0.2, 0) is 13.6 Å². The molecule has 0 heterocycles. The van der Waals surface area contributed by atoms with Crippen LogP contribution in [0.5, 0.6) is 0 Å². The minimum atomic E-state index is -2.97. The van der Waals surface area contributed by atoms with Gasteiger partial charge in [0, 0.05) is 0 Å². The maximum absolute atomic E-state index is 12.5. The van der Waals surface area contributed by atoms with E-state index in [1.54, 1.807) is 6.08 Å². The molecule has 0 aromatic carbocycles. The van der Waals surface area contributed by atoms with Gasteiger partial charge in [0.1, 0.15) is 0 Å². The maximum atomic E-state index is 12.5. The normalized spacial score (nSPS) is 12.3. The molecule has 0 radical (unpaired) electrons. The Balaban J connectivity index is 3.89. The number of allylic oxidation sites excluding steroid dienone is 1. The third kappa shape index (κ3) is 13.3. The highest BCUT2D eigenvalue weighted by Gasteiger charge is 2.22. The van der Waals surface area contributed by atoms with Gasteiger partial charge in [-0.3, -0.25) is 4.57 Å². The molecule has 0 N–H and O–H groups in total. The van der Waals surface area contributed by atoms with Crippen molar-refractivity contribution in [1.29, 1.82) is 0 Å².